The highest BCUT2D eigenvalue weighted by atomic mass is 19.1. The van der Waals surface area contributed by atoms with Gasteiger partial charge in [-0.1, -0.05) is 44.2 Å². The number of benzene rings is 2. The molecule has 0 aliphatic rings. The van der Waals surface area contributed by atoms with Crippen LogP contribution in [0.3, 0.4) is 0 Å². The van der Waals surface area contributed by atoms with Crippen LogP contribution in [-0.4, -0.2) is 27.9 Å². The van der Waals surface area contributed by atoms with E-state index in [9.17, 15) is 19.1 Å². The van der Waals surface area contributed by atoms with E-state index in [1.165, 1.54) is 29.2 Å². The molecule has 2 rings (SSSR count). The smallest absolute Gasteiger partial charge is 0.326 e. The Morgan fingerprint density at radius 1 is 1.04 bits per heavy atom. The summed E-state index contributed by atoms with van der Waals surface area (Å²) in [7, 11) is 0. The van der Waals surface area contributed by atoms with Crippen LogP contribution in [0.4, 0.5) is 4.39 Å². The summed E-state index contributed by atoms with van der Waals surface area (Å²) in [5.74, 6) is -2.20. The monoisotopic (exact) mass is 329 g/mol. The van der Waals surface area contributed by atoms with Crippen LogP contribution in [0.5, 0.6) is 0 Å². The molecule has 0 bridgehead atoms. The predicted molar refractivity (Wildman–Crippen MR) is 89.0 cm³/mol. The molecule has 126 valence electrons. The normalized spacial score (nSPS) is 12.0. The summed E-state index contributed by atoms with van der Waals surface area (Å²) >= 11 is 0. The first-order valence-electron chi connectivity index (χ1n) is 7.73. The molecule has 1 N–H and O–H groups in total. The Morgan fingerprint density at radius 3 is 2.12 bits per heavy atom. The molecular formula is C19H20FNO3. The van der Waals surface area contributed by atoms with Gasteiger partial charge in [-0.25, -0.2) is 9.18 Å². The third-order valence-corrected chi connectivity index (χ3v) is 3.77. The van der Waals surface area contributed by atoms with Gasteiger partial charge in [0, 0.05) is 12.1 Å². The molecule has 1 amide bonds. The molecule has 4 nitrogen and oxygen atoms in total. The van der Waals surface area contributed by atoms with Gasteiger partial charge in [-0.2, -0.15) is 0 Å². The molecule has 24 heavy (non-hydrogen) atoms. The fourth-order valence-corrected chi connectivity index (χ4v) is 2.61. The molecule has 0 heterocycles. The highest BCUT2D eigenvalue weighted by Gasteiger charge is 2.32. The molecule has 0 aliphatic heterocycles. The van der Waals surface area contributed by atoms with E-state index in [4.69, 9.17) is 0 Å². The van der Waals surface area contributed by atoms with Gasteiger partial charge in [0.1, 0.15) is 11.9 Å². The Kier molecular flexibility index (Phi) is 5.68. The maximum absolute atomic E-state index is 13.1. The van der Waals surface area contributed by atoms with Crippen LogP contribution >= 0.6 is 0 Å². The quantitative estimate of drug-likeness (QED) is 0.881. The topological polar surface area (TPSA) is 57.6 Å². The minimum absolute atomic E-state index is 0.173. The van der Waals surface area contributed by atoms with Crippen molar-refractivity contribution in [3.05, 3.63) is 71.5 Å². The Morgan fingerprint density at radius 2 is 1.62 bits per heavy atom. The Balaban J connectivity index is 2.39. The van der Waals surface area contributed by atoms with Crippen molar-refractivity contribution in [2.75, 3.05) is 0 Å². The van der Waals surface area contributed by atoms with E-state index in [0.717, 1.165) is 5.56 Å². The first-order chi connectivity index (χ1) is 11.4. The second kappa shape index (κ2) is 7.73. The number of carboxylic acids is 1. The molecule has 2 aromatic carbocycles. The van der Waals surface area contributed by atoms with E-state index in [1.54, 1.807) is 13.8 Å². The van der Waals surface area contributed by atoms with Crippen LogP contribution < -0.4 is 0 Å². The summed E-state index contributed by atoms with van der Waals surface area (Å²) in [5.41, 5.74) is 1.10. The molecule has 0 radical (unpaired) electrons. The third kappa shape index (κ3) is 4.19. The highest BCUT2D eigenvalue weighted by molar-refractivity contribution is 5.96. The lowest BCUT2D eigenvalue weighted by atomic mass is 10.0. The van der Waals surface area contributed by atoms with Crippen molar-refractivity contribution >= 4 is 11.9 Å². The SMILES string of the molecule is CC(C)C(C(=O)O)N(Cc1ccccc1)C(=O)c1ccc(F)cc1. The van der Waals surface area contributed by atoms with E-state index >= 15 is 0 Å². The minimum Gasteiger partial charge on any atom is -0.480 e. The number of halogens is 1. The second-order valence-corrected chi connectivity index (χ2v) is 5.95. The lowest BCUT2D eigenvalue weighted by Gasteiger charge is -2.31. The van der Waals surface area contributed by atoms with Crippen LogP contribution in [0.1, 0.15) is 29.8 Å². The molecule has 1 unspecified atom stereocenters. The van der Waals surface area contributed by atoms with Crippen molar-refractivity contribution in [2.24, 2.45) is 5.92 Å². The maximum Gasteiger partial charge on any atom is 0.326 e. The molecule has 0 spiro atoms. The van der Waals surface area contributed by atoms with Crippen molar-refractivity contribution in [1.29, 1.82) is 0 Å². The van der Waals surface area contributed by atoms with E-state index in [1.807, 2.05) is 30.3 Å². The number of carboxylic acid groups (broad SMARTS) is 1. The molecule has 0 aromatic heterocycles. The summed E-state index contributed by atoms with van der Waals surface area (Å²) in [6, 6.07) is 13.4. The Bertz CT molecular complexity index is 698. The summed E-state index contributed by atoms with van der Waals surface area (Å²) < 4.78 is 13.1. The van der Waals surface area contributed by atoms with Gasteiger partial charge in [0.25, 0.3) is 5.91 Å². The number of aliphatic carboxylic acids is 1. The number of rotatable bonds is 6. The molecule has 1 atom stereocenters. The number of amides is 1. The zero-order valence-corrected chi connectivity index (χ0v) is 13.6. The largest absolute Gasteiger partial charge is 0.480 e. The van der Waals surface area contributed by atoms with Gasteiger partial charge in [-0.05, 0) is 35.7 Å². The minimum atomic E-state index is -1.06. The van der Waals surface area contributed by atoms with Gasteiger partial charge in [-0.15, -0.1) is 0 Å². The van der Waals surface area contributed by atoms with Gasteiger partial charge in [-0.3, -0.25) is 4.79 Å². The van der Waals surface area contributed by atoms with Crippen LogP contribution in [0.25, 0.3) is 0 Å². The molecular weight excluding hydrogens is 309 g/mol. The zero-order valence-electron chi connectivity index (χ0n) is 13.6. The second-order valence-electron chi connectivity index (χ2n) is 5.95. The van der Waals surface area contributed by atoms with Crippen LogP contribution in [0.15, 0.2) is 54.6 Å². The average Bonchev–Trinajstić information content (AvgIpc) is 2.54. The first-order valence-corrected chi connectivity index (χ1v) is 7.73. The van der Waals surface area contributed by atoms with Crippen molar-refractivity contribution in [3.8, 4) is 0 Å². The third-order valence-electron chi connectivity index (χ3n) is 3.77. The van der Waals surface area contributed by atoms with Gasteiger partial charge >= 0.3 is 5.97 Å². The standard InChI is InChI=1S/C19H20FNO3/c1-13(2)17(19(23)24)21(12-14-6-4-3-5-7-14)18(22)15-8-10-16(20)11-9-15/h3-11,13,17H,12H2,1-2H3,(H,23,24). The molecule has 0 fully saturated rings. The molecule has 0 saturated carbocycles. The van der Waals surface area contributed by atoms with Crippen molar-refractivity contribution in [2.45, 2.75) is 26.4 Å². The van der Waals surface area contributed by atoms with Crippen molar-refractivity contribution in [3.63, 3.8) is 0 Å². The van der Waals surface area contributed by atoms with Gasteiger partial charge in [0.05, 0.1) is 0 Å². The Hall–Kier alpha value is -2.69. The van der Waals surface area contributed by atoms with Crippen LogP contribution in [-0.2, 0) is 11.3 Å². The molecule has 2 aromatic rings. The lowest BCUT2D eigenvalue weighted by molar-refractivity contribution is -0.144. The van der Waals surface area contributed by atoms with Crippen molar-refractivity contribution < 1.29 is 19.1 Å². The predicted octanol–water partition coefficient (Wildman–Crippen LogP) is 3.58. The summed E-state index contributed by atoms with van der Waals surface area (Å²) in [6.07, 6.45) is 0. The van der Waals surface area contributed by atoms with Crippen LogP contribution in [0.2, 0.25) is 0 Å². The van der Waals surface area contributed by atoms with E-state index in [2.05, 4.69) is 0 Å². The lowest BCUT2D eigenvalue weighted by Crippen LogP contribution is -2.47. The number of carbonyl (C=O) groups is 2. The summed E-state index contributed by atoms with van der Waals surface area (Å²) in [5, 5.41) is 9.58. The highest BCUT2D eigenvalue weighted by Crippen LogP contribution is 2.19. The van der Waals surface area contributed by atoms with Gasteiger partial charge in [0.15, 0.2) is 0 Å². The van der Waals surface area contributed by atoms with Crippen molar-refractivity contribution in [1.82, 2.24) is 4.90 Å². The summed E-state index contributed by atoms with van der Waals surface area (Å²) in [4.78, 5) is 25.9. The fraction of sp³-hybridized carbons (Fsp3) is 0.263. The zero-order chi connectivity index (χ0) is 17.7. The maximum atomic E-state index is 13.1. The van der Waals surface area contributed by atoms with Crippen LogP contribution in [0, 0.1) is 11.7 Å². The van der Waals surface area contributed by atoms with E-state index in [-0.39, 0.29) is 18.0 Å². The summed E-state index contributed by atoms with van der Waals surface area (Å²) in [6.45, 7) is 3.69. The van der Waals surface area contributed by atoms with Gasteiger partial charge in [0.2, 0.25) is 0 Å². The van der Waals surface area contributed by atoms with Gasteiger partial charge < -0.3 is 10.0 Å². The molecule has 5 heteroatoms. The van der Waals surface area contributed by atoms with E-state index < -0.39 is 23.7 Å². The number of carbonyl (C=O) groups excluding carboxylic acids is 1. The number of nitrogens with zero attached hydrogens (tertiary/aromatic N) is 1. The Labute approximate surface area is 140 Å². The van der Waals surface area contributed by atoms with E-state index in [0.29, 0.717) is 0 Å². The number of hydrogen-bond acceptors (Lipinski definition) is 2. The fourth-order valence-electron chi connectivity index (χ4n) is 2.61. The number of hydrogen-bond donors (Lipinski definition) is 1. The molecule has 0 aliphatic carbocycles. The first kappa shape index (κ1) is 17.7. The average molecular weight is 329 g/mol. The molecule has 0 saturated heterocycles.